The van der Waals surface area contributed by atoms with Crippen molar-refractivity contribution in [2.24, 2.45) is 0 Å². The van der Waals surface area contributed by atoms with Crippen LogP contribution >= 0.6 is 11.3 Å². The molecule has 0 atom stereocenters. The fourth-order valence-corrected chi connectivity index (χ4v) is 3.35. The number of ether oxygens (including phenoxy) is 1. The van der Waals surface area contributed by atoms with Gasteiger partial charge in [-0.1, -0.05) is 35.5 Å². The van der Waals surface area contributed by atoms with E-state index < -0.39 is 0 Å². The van der Waals surface area contributed by atoms with E-state index in [0.717, 1.165) is 23.4 Å². The predicted molar refractivity (Wildman–Crippen MR) is 102 cm³/mol. The SMILES string of the molecule is CCCc1nnc(NC(=O)CCCc2nc(-c3ccccc3OC)no2)s1. The van der Waals surface area contributed by atoms with Crippen molar-refractivity contribution < 1.29 is 14.1 Å². The number of hydrogen-bond acceptors (Lipinski definition) is 8. The standard InChI is InChI=1S/C18H21N5O3S/c1-3-7-16-21-22-18(27-16)19-14(24)10-6-11-15-20-17(23-26-15)12-8-4-5-9-13(12)25-2/h4-5,8-9H,3,6-7,10-11H2,1-2H3,(H,19,22,24). The third-order valence-corrected chi connectivity index (χ3v) is 4.69. The summed E-state index contributed by atoms with van der Waals surface area (Å²) in [5.74, 6) is 1.55. The number of carbonyl (C=O) groups is 1. The summed E-state index contributed by atoms with van der Waals surface area (Å²) in [6.07, 6.45) is 3.34. The molecule has 0 aliphatic rings. The van der Waals surface area contributed by atoms with E-state index in [1.165, 1.54) is 11.3 Å². The molecule has 2 heterocycles. The minimum absolute atomic E-state index is 0.0985. The maximum Gasteiger partial charge on any atom is 0.226 e. The van der Waals surface area contributed by atoms with Crippen molar-refractivity contribution in [1.29, 1.82) is 0 Å². The summed E-state index contributed by atoms with van der Waals surface area (Å²) >= 11 is 1.41. The smallest absolute Gasteiger partial charge is 0.226 e. The lowest BCUT2D eigenvalue weighted by Crippen LogP contribution is -2.11. The zero-order valence-corrected chi connectivity index (χ0v) is 16.1. The molecule has 3 aromatic rings. The van der Waals surface area contributed by atoms with Crippen molar-refractivity contribution in [3.8, 4) is 17.1 Å². The quantitative estimate of drug-likeness (QED) is 0.599. The summed E-state index contributed by atoms with van der Waals surface area (Å²) in [6.45, 7) is 2.08. The number of carbonyl (C=O) groups excluding carboxylic acids is 1. The topological polar surface area (TPSA) is 103 Å². The molecule has 0 fully saturated rings. The molecule has 2 aromatic heterocycles. The van der Waals surface area contributed by atoms with Gasteiger partial charge >= 0.3 is 0 Å². The van der Waals surface area contributed by atoms with E-state index in [2.05, 4.69) is 32.6 Å². The fraction of sp³-hybridized carbons (Fsp3) is 0.389. The van der Waals surface area contributed by atoms with Crippen LogP contribution in [0.5, 0.6) is 5.75 Å². The number of benzene rings is 1. The second kappa shape index (κ2) is 9.22. The Balaban J connectivity index is 1.49. The summed E-state index contributed by atoms with van der Waals surface area (Å²) in [5, 5.41) is 16.3. The Morgan fingerprint density at radius 2 is 2.11 bits per heavy atom. The van der Waals surface area contributed by atoms with Crippen LogP contribution in [0.15, 0.2) is 28.8 Å². The number of nitrogens with one attached hydrogen (secondary N) is 1. The first kappa shape index (κ1) is 19.0. The average Bonchev–Trinajstić information content (AvgIpc) is 3.32. The minimum Gasteiger partial charge on any atom is -0.496 e. The van der Waals surface area contributed by atoms with Crippen LogP contribution in [0.25, 0.3) is 11.4 Å². The molecule has 1 aromatic carbocycles. The van der Waals surface area contributed by atoms with Gasteiger partial charge in [0, 0.05) is 19.3 Å². The highest BCUT2D eigenvalue weighted by Gasteiger charge is 2.13. The molecule has 0 unspecified atom stereocenters. The Bertz CT molecular complexity index is 893. The number of anilines is 1. The van der Waals surface area contributed by atoms with Crippen molar-refractivity contribution in [1.82, 2.24) is 20.3 Å². The zero-order valence-electron chi connectivity index (χ0n) is 15.3. The second-order valence-corrected chi connectivity index (χ2v) is 6.93. The van der Waals surface area contributed by atoms with Gasteiger partial charge in [0.15, 0.2) is 0 Å². The molecule has 0 bridgehead atoms. The molecule has 0 spiro atoms. The summed E-state index contributed by atoms with van der Waals surface area (Å²) in [4.78, 5) is 16.4. The number of aromatic nitrogens is 4. The first-order valence-electron chi connectivity index (χ1n) is 8.77. The molecule has 0 saturated heterocycles. The number of para-hydroxylation sites is 1. The molecule has 142 valence electrons. The van der Waals surface area contributed by atoms with E-state index in [4.69, 9.17) is 9.26 Å². The summed E-state index contributed by atoms with van der Waals surface area (Å²) in [7, 11) is 1.60. The van der Waals surface area contributed by atoms with Crippen molar-refractivity contribution in [3.63, 3.8) is 0 Å². The van der Waals surface area contributed by atoms with Crippen LogP contribution in [0.1, 0.15) is 37.1 Å². The normalized spacial score (nSPS) is 10.7. The van der Waals surface area contributed by atoms with E-state index in [-0.39, 0.29) is 5.91 Å². The van der Waals surface area contributed by atoms with Crippen molar-refractivity contribution in [2.75, 3.05) is 12.4 Å². The molecule has 0 saturated carbocycles. The van der Waals surface area contributed by atoms with Crippen LogP contribution in [0.3, 0.4) is 0 Å². The summed E-state index contributed by atoms with van der Waals surface area (Å²) < 4.78 is 10.6. The number of aryl methyl sites for hydroxylation is 2. The molecule has 8 nitrogen and oxygen atoms in total. The van der Waals surface area contributed by atoms with E-state index >= 15 is 0 Å². The number of nitrogens with zero attached hydrogens (tertiary/aromatic N) is 4. The summed E-state index contributed by atoms with van der Waals surface area (Å²) in [6, 6.07) is 7.48. The highest BCUT2D eigenvalue weighted by molar-refractivity contribution is 7.15. The molecule has 0 radical (unpaired) electrons. The second-order valence-electron chi connectivity index (χ2n) is 5.86. The molecule has 1 amide bonds. The molecular formula is C18H21N5O3S. The Morgan fingerprint density at radius 1 is 1.26 bits per heavy atom. The molecule has 9 heteroatoms. The van der Waals surface area contributed by atoms with Gasteiger partial charge in [0.25, 0.3) is 0 Å². The van der Waals surface area contributed by atoms with Crippen LogP contribution in [-0.2, 0) is 17.6 Å². The molecular weight excluding hydrogens is 366 g/mol. The van der Waals surface area contributed by atoms with E-state index in [9.17, 15) is 4.79 Å². The van der Waals surface area contributed by atoms with Crippen LogP contribution in [-0.4, -0.2) is 33.4 Å². The van der Waals surface area contributed by atoms with Crippen molar-refractivity contribution in [3.05, 3.63) is 35.2 Å². The van der Waals surface area contributed by atoms with E-state index in [0.29, 0.717) is 41.9 Å². The maximum atomic E-state index is 12.0. The molecule has 3 rings (SSSR count). The Hall–Kier alpha value is -2.81. The molecule has 0 aliphatic heterocycles. The first-order chi connectivity index (χ1) is 13.2. The maximum absolute atomic E-state index is 12.0. The van der Waals surface area contributed by atoms with Gasteiger partial charge in [0.2, 0.25) is 22.8 Å². The van der Waals surface area contributed by atoms with Crippen molar-refractivity contribution >= 4 is 22.4 Å². The van der Waals surface area contributed by atoms with Gasteiger partial charge in [-0.15, -0.1) is 10.2 Å². The van der Waals surface area contributed by atoms with Crippen molar-refractivity contribution in [2.45, 2.75) is 39.0 Å². The third-order valence-electron chi connectivity index (χ3n) is 3.79. The van der Waals surface area contributed by atoms with E-state index in [1.54, 1.807) is 7.11 Å². The average molecular weight is 387 g/mol. The lowest BCUT2D eigenvalue weighted by molar-refractivity contribution is -0.116. The Kier molecular flexibility index (Phi) is 6.48. The molecule has 27 heavy (non-hydrogen) atoms. The highest BCUT2D eigenvalue weighted by atomic mass is 32.1. The Labute approximate surface area is 161 Å². The van der Waals surface area contributed by atoms with Crippen LogP contribution in [0.2, 0.25) is 0 Å². The van der Waals surface area contributed by atoms with Crippen LogP contribution in [0, 0.1) is 0 Å². The number of methoxy groups -OCH3 is 1. The van der Waals surface area contributed by atoms with Gasteiger partial charge in [-0.05, 0) is 25.0 Å². The lowest BCUT2D eigenvalue weighted by atomic mass is 10.2. The van der Waals surface area contributed by atoms with Gasteiger partial charge in [0.05, 0.1) is 12.7 Å². The minimum atomic E-state index is -0.0985. The van der Waals surface area contributed by atoms with Crippen LogP contribution in [0.4, 0.5) is 5.13 Å². The highest BCUT2D eigenvalue weighted by Crippen LogP contribution is 2.27. The number of rotatable bonds is 9. The van der Waals surface area contributed by atoms with Gasteiger partial charge in [-0.25, -0.2) is 0 Å². The van der Waals surface area contributed by atoms with E-state index in [1.807, 2.05) is 24.3 Å². The number of hydrogen-bond donors (Lipinski definition) is 1. The molecule has 1 N–H and O–H groups in total. The summed E-state index contributed by atoms with van der Waals surface area (Å²) in [5.41, 5.74) is 0.770. The Morgan fingerprint density at radius 3 is 2.93 bits per heavy atom. The first-order valence-corrected chi connectivity index (χ1v) is 9.59. The number of amides is 1. The predicted octanol–water partition coefficient (Wildman–Crippen LogP) is 3.51. The van der Waals surface area contributed by atoms with Gasteiger partial charge in [-0.3, -0.25) is 4.79 Å². The largest absolute Gasteiger partial charge is 0.496 e. The van der Waals surface area contributed by atoms with Crippen LogP contribution < -0.4 is 10.1 Å². The zero-order chi connectivity index (χ0) is 19.1. The fourth-order valence-electron chi connectivity index (χ4n) is 2.50. The monoisotopic (exact) mass is 387 g/mol. The third kappa shape index (κ3) is 5.10. The van der Waals surface area contributed by atoms with Gasteiger partial charge < -0.3 is 14.6 Å². The molecule has 0 aliphatic carbocycles. The van der Waals surface area contributed by atoms with Gasteiger partial charge in [0.1, 0.15) is 10.8 Å². The van der Waals surface area contributed by atoms with Gasteiger partial charge in [-0.2, -0.15) is 4.98 Å². The lowest BCUT2D eigenvalue weighted by Gasteiger charge is -2.03.